The second-order valence-electron chi connectivity index (χ2n) is 5.51. The maximum atomic E-state index is 12.3. The quantitative estimate of drug-likeness (QED) is 0.464. The van der Waals surface area contributed by atoms with Gasteiger partial charge in [0.05, 0.1) is 20.5 Å². The summed E-state index contributed by atoms with van der Waals surface area (Å²) in [5.74, 6) is -0.205. The van der Waals surface area contributed by atoms with E-state index in [1.165, 1.54) is 11.8 Å². The van der Waals surface area contributed by atoms with Gasteiger partial charge in [0.15, 0.2) is 5.17 Å². The molecule has 1 aliphatic rings. The fraction of sp³-hybridized carbons (Fsp3) is 0. The Hall–Kier alpha value is -1.34. The van der Waals surface area contributed by atoms with Gasteiger partial charge in [0.25, 0.3) is 5.91 Å². The van der Waals surface area contributed by atoms with E-state index in [9.17, 15) is 4.79 Å². The average molecular weight is 423 g/mol. The molecule has 129 valence electrons. The van der Waals surface area contributed by atoms with E-state index in [0.717, 1.165) is 16.5 Å². The molecule has 1 aromatic heterocycles. The number of thioether (sulfide) groups is 1. The summed E-state index contributed by atoms with van der Waals surface area (Å²) in [5.41, 5.74) is 2.27. The minimum atomic E-state index is -0.205. The van der Waals surface area contributed by atoms with Crippen LogP contribution in [0.5, 0.6) is 0 Å². The molecule has 2 aromatic carbocycles. The molecule has 0 spiro atoms. The SMILES string of the molecule is O=C1NC(=Nc2c(Cl)cccc2Cl)SC1=Cc1ccc2ncccc2c1.[Na]. The number of amidine groups is 1. The fourth-order valence-electron chi connectivity index (χ4n) is 2.51. The van der Waals surface area contributed by atoms with Crippen molar-refractivity contribution >= 4 is 98.3 Å². The summed E-state index contributed by atoms with van der Waals surface area (Å²) in [5, 5.41) is 5.06. The van der Waals surface area contributed by atoms with Gasteiger partial charge in [-0.05, 0) is 53.7 Å². The van der Waals surface area contributed by atoms with Crippen molar-refractivity contribution in [2.24, 2.45) is 4.99 Å². The summed E-state index contributed by atoms with van der Waals surface area (Å²) in [6.45, 7) is 0. The number of fused-ring (bicyclic) bond motifs is 1. The van der Waals surface area contributed by atoms with Crippen LogP contribution in [0.4, 0.5) is 5.69 Å². The van der Waals surface area contributed by atoms with E-state index in [4.69, 9.17) is 23.2 Å². The van der Waals surface area contributed by atoms with Gasteiger partial charge in [-0.25, -0.2) is 4.99 Å². The molecule has 8 heteroatoms. The zero-order valence-corrected chi connectivity index (χ0v) is 18.6. The molecule has 0 unspecified atom stereocenters. The van der Waals surface area contributed by atoms with E-state index in [1.54, 1.807) is 24.4 Å². The normalized spacial score (nSPS) is 16.6. The average Bonchev–Trinajstić information content (AvgIpc) is 2.97. The summed E-state index contributed by atoms with van der Waals surface area (Å²) in [7, 11) is 0. The van der Waals surface area contributed by atoms with Crippen LogP contribution in [0.3, 0.4) is 0 Å². The van der Waals surface area contributed by atoms with Gasteiger partial charge in [-0.1, -0.05) is 41.4 Å². The molecule has 4 rings (SSSR count). The largest absolute Gasteiger partial charge is 0.300 e. The number of pyridine rings is 1. The number of carbonyl (C=O) groups is 1. The van der Waals surface area contributed by atoms with Crippen molar-refractivity contribution in [3.8, 4) is 0 Å². The number of hydrogen-bond acceptors (Lipinski definition) is 4. The van der Waals surface area contributed by atoms with Crippen LogP contribution in [0, 0.1) is 0 Å². The molecule has 1 radical (unpaired) electrons. The third-order valence-electron chi connectivity index (χ3n) is 3.73. The third kappa shape index (κ3) is 4.57. The molecular formula is C19H11Cl2N3NaOS. The van der Waals surface area contributed by atoms with Crippen LogP contribution in [0.25, 0.3) is 17.0 Å². The van der Waals surface area contributed by atoms with Crippen molar-refractivity contribution in [3.05, 3.63) is 75.2 Å². The number of benzene rings is 2. The Morgan fingerprint density at radius 2 is 1.85 bits per heavy atom. The van der Waals surface area contributed by atoms with Crippen LogP contribution >= 0.6 is 35.0 Å². The number of para-hydroxylation sites is 1. The Morgan fingerprint density at radius 1 is 1.07 bits per heavy atom. The monoisotopic (exact) mass is 422 g/mol. The fourth-order valence-corrected chi connectivity index (χ4v) is 3.82. The predicted octanol–water partition coefficient (Wildman–Crippen LogP) is 5.05. The molecule has 0 atom stereocenters. The number of carbonyl (C=O) groups excluding carboxylic acids is 1. The first-order chi connectivity index (χ1) is 12.6. The van der Waals surface area contributed by atoms with Crippen molar-refractivity contribution in [2.45, 2.75) is 0 Å². The summed E-state index contributed by atoms with van der Waals surface area (Å²) >= 11 is 13.5. The number of hydrogen-bond donors (Lipinski definition) is 1. The van der Waals surface area contributed by atoms with Crippen LogP contribution in [-0.2, 0) is 4.79 Å². The topological polar surface area (TPSA) is 54.4 Å². The zero-order chi connectivity index (χ0) is 18.1. The predicted molar refractivity (Wildman–Crippen MR) is 115 cm³/mol. The molecule has 1 N–H and O–H groups in total. The van der Waals surface area contributed by atoms with Crippen molar-refractivity contribution in [3.63, 3.8) is 0 Å². The summed E-state index contributed by atoms with van der Waals surface area (Å²) in [6.07, 6.45) is 3.58. The molecule has 3 aromatic rings. The number of halogens is 2. The van der Waals surface area contributed by atoms with E-state index in [1.807, 2.05) is 36.4 Å². The van der Waals surface area contributed by atoms with Crippen LogP contribution in [0.1, 0.15) is 5.56 Å². The van der Waals surface area contributed by atoms with E-state index in [-0.39, 0.29) is 35.5 Å². The number of amides is 1. The van der Waals surface area contributed by atoms with E-state index >= 15 is 0 Å². The Morgan fingerprint density at radius 3 is 2.63 bits per heavy atom. The number of nitrogens with zero attached hydrogens (tertiary/aromatic N) is 2. The van der Waals surface area contributed by atoms with Gasteiger partial charge in [0, 0.05) is 41.1 Å². The zero-order valence-electron chi connectivity index (χ0n) is 14.2. The van der Waals surface area contributed by atoms with Gasteiger partial charge in [0.2, 0.25) is 0 Å². The molecular weight excluding hydrogens is 412 g/mol. The second-order valence-corrected chi connectivity index (χ2v) is 7.35. The molecule has 27 heavy (non-hydrogen) atoms. The molecule has 0 saturated carbocycles. The van der Waals surface area contributed by atoms with Crippen LogP contribution in [-0.4, -0.2) is 45.6 Å². The van der Waals surface area contributed by atoms with Crippen molar-refractivity contribution in [2.75, 3.05) is 0 Å². The minimum Gasteiger partial charge on any atom is -0.300 e. The first-order valence-corrected chi connectivity index (χ1v) is 9.26. The number of aromatic nitrogens is 1. The van der Waals surface area contributed by atoms with Crippen LogP contribution in [0.15, 0.2) is 64.6 Å². The molecule has 0 aliphatic carbocycles. The molecule has 1 saturated heterocycles. The molecule has 1 fully saturated rings. The minimum absolute atomic E-state index is 0. The van der Waals surface area contributed by atoms with Crippen molar-refractivity contribution in [1.82, 2.24) is 10.3 Å². The Labute approximate surface area is 192 Å². The second kappa shape index (κ2) is 8.78. The number of aliphatic imine (C=N–C) groups is 1. The molecule has 0 bridgehead atoms. The molecule has 2 heterocycles. The van der Waals surface area contributed by atoms with Crippen LogP contribution < -0.4 is 5.32 Å². The standard InChI is InChI=1S/C19H11Cl2N3OS.Na/c20-13-4-1-5-14(21)17(13)23-19-24-18(25)16(26-19)10-11-6-7-15-12(9-11)3-2-8-22-15;/h1-10H,(H,23,24,25);. The molecule has 1 aliphatic heterocycles. The maximum absolute atomic E-state index is 12.3. The first-order valence-electron chi connectivity index (χ1n) is 7.68. The first kappa shape index (κ1) is 20.4. The smallest absolute Gasteiger partial charge is 0.264 e. The van der Waals surface area contributed by atoms with E-state index in [0.29, 0.717) is 25.8 Å². The number of nitrogens with one attached hydrogen (secondary N) is 1. The van der Waals surface area contributed by atoms with Crippen molar-refractivity contribution < 1.29 is 4.79 Å². The Balaban J connectivity index is 0.00000210. The summed E-state index contributed by atoms with van der Waals surface area (Å²) < 4.78 is 0. The molecule has 4 nitrogen and oxygen atoms in total. The molecule has 1 amide bonds. The van der Waals surface area contributed by atoms with Gasteiger partial charge < -0.3 is 5.32 Å². The number of rotatable bonds is 2. The van der Waals surface area contributed by atoms with Gasteiger partial charge in [0.1, 0.15) is 5.69 Å². The Kier molecular flexibility index (Phi) is 6.63. The van der Waals surface area contributed by atoms with E-state index < -0.39 is 0 Å². The van der Waals surface area contributed by atoms with Gasteiger partial charge in [-0.15, -0.1) is 0 Å². The maximum Gasteiger partial charge on any atom is 0.264 e. The Bertz CT molecular complexity index is 1080. The summed E-state index contributed by atoms with van der Waals surface area (Å²) in [6, 6.07) is 14.9. The van der Waals surface area contributed by atoms with Gasteiger partial charge >= 0.3 is 0 Å². The van der Waals surface area contributed by atoms with Crippen LogP contribution in [0.2, 0.25) is 10.0 Å². The van der Waals surface area contributed by atoms with E-state index in [2.05, 4.69) is 15.3 Å². The van der Waals surface area contributed by atoms with Gasteiger partial charge in [-0.2, -0.15) is 0 Å². The third-order valence-corrected chi connectivity index (χ3v) is 5.25. The van der Waals surface area contributed by atoms with Gasteiger partial charge in [-0.3, -0.25) is 9.78 Å². The van der Waals surface area contributed by atoms with Crippen molar-refractivity contribution in [1.29, 1.82) is 0 Å². The summed E-state index contributed by atoms with van der Waals surface area (Å²) in [4.78, 5) is 21.5.